The topological polar surface area (TPSA) is 46.5 Å². The van der Waals surface area contributed by atoms with E-state index in [1.54, 1.807) is 0 Å². The van der Waals surface area contributed by atoms with Crippen molar-refractivity contribution in [3.63, 3.8) is 0 Å². The Kier molecular flexibility index (Phi) is 3.72. The summed E-state index contributed by atoms with van der Waals surface area (Å²) in [6.45, 7) is 0. The zero-order valence-corrected chi connectivity index (χ0v) is 8.16. The molecule has 0 spiro atoms. The third-order valence-corrected chi connectivity index (χ3v) is 1.60. The average Bonchev–Trinajstić information content (AvgIpc) is 2.17. The molecule has 0 fully saturated rings. The van der Waals surface area contributed by atoms with E-state index in [1.807, 2.05) is 0 Å². The summed E-state index contributed by atoms with van der Waals surface area (Å²) in [7, 11) is 0. The van der Waals surface area contributed by atoms with Gasteiger partial charge in [0.1, 0.15) is 0 Å². The van der Waals surface area contributed by atoms with E-state index in [2.05, 4.69) is 4.74 Å². The number of aliphatic carboxylic acids is 1. The first-order valence-corrected chi connectivity index (χ1v) is 4.24. The summed E-state index contributed by atoms with van der Waals surface area (Å²) in [5, 5.41) is 8.30. The Morgan fingerprint density at radius 2 is 2.00 bits per heavy atom. The molecule has 0 amide bonds. The van der Waals surface area contributed by atoms with Crippen LogP contribution < -0.4 is 4.74 Å². The molecule has 1 aromatic carbocycles. The predicted molar refractivity (Wildman–Crippen MR) is 49.8 cm³/mol. The molecule has 3 nitrogen and oxygen atoms in total. The van der Waals surface area contributed by atoms with Crippen LogP contribution in [0.3, 0.4) is 0 Å². The van der Waals surface area contributed by atoms with E-state index in [0.29, 0.717) is 0 Å². The number of carboxylic acids is 1. The third kappa shape index (κ3) is 4.54. The van der Waals surface area contributed by atoms with E-state index >= 15 is 0 Å². The first-order valence-electron chi connectivity index (χ1n) is 4.24. The van der Waals surface area contributed by atoms with Gasteiger partial charge < -0.3 is 9.84 Å². The van der Waals surface area contributed by atoms with Gasteiger partial charge in [-0.3, -0.25) is 0 Å². The maximum absolute atomic E-state index is 13.1. The van der Waals surface area contributed by atoms with Crippen molar-refractivity contribution >= 4 is 12.0 Å². The number of rotatable bonds is 3. The van der Waals surface area contributed by atoms with E-state index in [4.69, 9.17) is 5.11 Å². The van der Waals surface area contributed by atoms with Crippen LogP contribution in [0.4, 0.5) is 17.6 Å². The Hall–Kier alpha value is -2.05. The van der Waals surface area contributed by atoms with Crippen molar-refractivity contribution in [1.82, 2.24) is 0 Å². The minimum Gasteiger partial charge on any atom is -0.478 e. The molecule has 0 saturated carbocycles. The van der Waals surface area contributed by atoms with Gasteiger partial charge >= 0.3 is 12.3 Å². The molecular formula is C10H6F4O3. The molecule has 17 heavy (non-hydrogen) atoms. The lowest BCUT2D eigenvalue weighted by molar-refractivity contribution is -0.275. The van der Waals surface area contributed by atoms with Gasteiger partial charge in [-0.05, 0) is 23.8 Å². The fraction of sp³-hybridized carbons (Fsp3) is 0.100. The highest BCUT2D eigenvalue weighted by Gasteiger charge is 2.32. The minimum atomic E-state index is -4.97. The Morgan fingerprint density at radius 1 is 1.35 bits per heavy atom. The Bertz CT molecular complexity index is 451. The fourth-order valence-corrected chi connectivity index (χ4v) is 0.996. The number of carboxylic acid groups (broad SMARTS) is 1. The van der Waals surface area contributed by atoms with Crippen molar-refractivity contribution < 1.29 is 32.2 Å². The molecule has 1 N–H and O–H groups in total. The van der Waals surface area contributed by atoms with Crippen LogP contribution in [-0.4, -0.2) is 17.4 Å². The van der Waals surface area contributed by atoms with Gasteiger partial charge in [0.15, 0.2) is 11.6 Å². The molecule has 0 saturated heterocycles. The minimum absolute atomic E-state index is 0.111. The van der Waals surface area contributed by atoms with Gasteiger partial charge in [0.25, 0.3) is 0 Å². The van der Waals surface area contributed by atoms with Gasteiger partial charge in [-0.2, -0.15) is 0 Å². The SMILES string of the molecule is O=C(O)C=Cc1ccc(OC(F)(F)F)c(F)c1. The highest BCUT2D eigenvalue weighted by atomic mass is 19.4. The van der Waals surface area contributed by atoms with Crippen LogP contribution in [0.25, 0.3) is 6.08 Å². The number of alkyl halides is 3. The third-order valence-electron chi connectivity index (χ3n) is 1.60. The second kappa shape index (κ2) is 4.86. The van der Waals surface area contributed by atoms with Gasteiger partial charge in [0.05, 0.1) is 0 Å². The lowest BCUT2D eigenvalue weighted by Crippen LogP contribution is -2.17. The molecule has 0 atom stereocenters. The molecule has 1 aromatic rings. The van der Waals surface area contributed by atoms with Crippen molar-refractivity contribution in [2.45, 2.75) is 6.36 Å². The van der Waals surface area contributed by atoms with Gasteiger partial charge in [-0.1, -0.05) is 6.07 Å². The Labute approximate surface area is 92.9 Å². The lowest BCUT2D eigenvalue weighted by atomic mass is 10.2. The Balaban J connectivity index is 2.90. The molecule has 7 heteroatoms. The highest BCUT2D eigenvalue weighted by Crippen LogP contribution is 2.26. The van der Waals surface area contributed by atoms with Crippen molar-refractivity contribution in [3.05, 3.63) is 35.7 Å². The second-order valence-corrected chi connectivity index (χ2v) is 2.91. The van der Waals surface area contributed by atoms with Crippen molar-refractivity contribution in [2.75, 3.05) is 0 Å². The quantitative estimate of drug-likeness (QED) is 0.662. The normalized spacial score (nSPS) is 11.8. The number of hydrogen-bond donors (Lipinski definition) is 1. The van der Waals surface area contributed by atoms with Gasteiger partial charge in [-0.25, -0.2) is 9.18 Å². The maximum atomic E-state index is 13.1. The van der Waals surface area contributed by atoms with Crippen LogP contribution in [0.15, 0.2) is 24.3 Å². The summed E-state index contributed by atoms with van der Waals surface area (Å²) >= 11 is 0. The number of carbonyl (C=O) groups is 1. The number of ether oxygens (including phenoxy) is 1. The van der Waals surface area contributed by atoms with Crippen LogP contribution in [0.5, 0.6) is 5.75 Å². The summed E-state index contributed by atoms with van der Waals surface area (Å²) in [5.74, 6) is -3.44. The summed E-state index contributed by atoms with van der Waals surface area (Å²) in [5.41, 5.74) is 0.111. The molecule has 0 aliphatic carbocycles. The average molecular weight is 250 g/mol. The monoisotopic (exact) mass is 250 g/mol. The van der Waals surface area contributed by atoms with E-state index < -0.39 is 23.9 Å². The van der Waals surface area contributed by atoms with Crippen LogP contribution in [0, 0.1) is 5.82 Å². The van der Waals surface area contributed by atoms with E-state index in [0.717, 1.165) is 30.4 Å². The van der Waals surface area contributed by atoms with Crippen molar-refractivity contribution in [1.29, 1.82) is 0 Å². The molecule has 0 heterocycles. The predicted octanol–water partition coefficient (Wildman–Crippen LogP) is 2.82. The summed E-state index contributed by atoms with van der Waals surface area (Å²) < 4.78 is 51.9. The van der Waals surface area contributed by atoms with Crippen LogP contribution in [0.1, 0.15) is 5.56 Å². The van der Waals surface area contributed by atoms with Crippen LogP contribution in [0.2, 0.25) is 0 Å². The zero-order chi connectivity index (χ0) is 13.1. The zero-order valence-electron chi connectivity index (χ0n) is 8.16. The second-order valence-electron chi connectivity index (χ2n) is 2.91. The smallest absolute Gasteiger partial charge is 0.478 e. The molecular weight excluding hydrogens is 244 g/mol. The van der Waals surface area contributed by atoms with E-state index in [-0.39, 0.29) is 5.56 Å². The number of benzene rings is 1. The molecule has 0 bridgehead atoms. The van der Waals surface area contributed by atoms with E-state index in [9.17, 15) is 22.4 Å². The summed E-state index contributed by atoms with van der Waals surface area (Å²) in [6.07, 6.45) is -3.19. The van der Waals surface area contributed by atoms with Gasteiger partial charge in [-0.15, -0.1) is 13.2 Å². The van der Waals surface area contributed by atoms with Crippen LogP contribution in [-0.2, 0) is 4.79 Å². The number of hydrogen-bond acceptors (Lipinski definition) is 2. The molecule has 0 aromatic heterocycles. The van der Waals surface area contributed by atoms with E-state index in [1.165, 1.54) is 0 Å². The number of halogens is 4. The molecule has 1 rings (SSSR count). The maximum Gasteiger partial charge on any atom is 0.573 e. The molecule has 0 aliphatic rings. The van der Waals surface area contributed by atoms with Gasteiger partial charge in [0.2, 0.25) is 0 Å². The van der Waals surface area contributed by atoms with Crippen molar-refractivity contribution in [2.24, 2.45) is 0 Å². The molecule has 0 unspecified atom stereocenters. The first-order chi connectivity index (χ1) is 7.78. The first kappa shape index (κ1) is 13.0. The summed E-state index contributed by atoms with van der Waals surface area (Å²) in [4.78, 5) is 10.2. The van der Waals surface area contributed by atoms with Gasteiger partial charge in [0, 0.05) is 6.08 Å². The fourth-order valence-electron chi connectivity index (χ4n) is 0.996. The summed E-state index contributed by atoms with van der Waals surface area (Å²) in [6, 6.07) is 2.61. The van der Waals surface area contributed by atoms with Crippen molar-refractivity contribution in [3.8, 4) is 5.75 Å². The van der Waals surface area contributed by atoms with Crippen LogP contribution >= 0.6 is 0 Å². The highest BCUT2D eigenvalue weighted by molar-refractivity contribution is 5.85. The molecule has 0 aliphatic heterocycles. The molecule has 92 valence electrons. The largest absolute Gasteiger partial charge is 0.573 e. The Morgan fingerprint density at radius 3 is 2.47 bits per heavy atom. The molecule has 0 radical (unpaired) electrons. The lowest BCUT2D eigenvalue weighted by Gasteiger charge is -2.09. The standard InChI is InChI=1S/C10H6F4O3/c11-7-5-6(2-4-9(15)16)1-3-8(7)17-10(12,13)14/h1-5H,(H,15,16).